The van der Waals surface area contributed by atoms with Crippen molar-refractivity contribution >= 4 is 19.3 Å². The van der Waals surface area contributed by atoms with Gasteiger partial charge in [-0.3, -0.25) is 4.68 Å². The average molecular weight is 391 g/mol. The first-order chi connectivity index (χ1) is 12.7. The highest BCUT2D eigenvalue weighted by atomic mass is 16.7. The van der Waals surface area contributed by atoms with E-state index >= 15 is 0 Å². The van der Waals surface area contributed by atoms with Gasteiger partial charge in [-0.2, -0.15) is 5.10 Å². The molecule has 0 radical (unpaired) electrons. The van der Waals surface area contributed by atoms with E-state index in [9.17, 15) is 4.79 Å². The number of alkyl carbamates (subject to hydrolysis) is 1. The number of nitrogens with one attached hydrogen (secondary N) is 1. The summed E-state index contributed by atoms with van der Waals surface area (Å²) in [6, 6.07) is 0.266. The van der Waals surface area contributed by atoms with Gasteiger partial charge >= 0.3 is 13.2 Å². The molecular formula is C20H34BN3O4. The maximum atomic E-state index is 12.1. The third-order valence-corrected chi connectivity index (χ3v) is 4.89. The Kier molecular flexibility index (Phi) is 6.36. The summed E-state index contributed by atoms with van der Waals surface area (Å²) < 4.78 is 19.6. The molecule has 0 aliphatic carbocycles. The second kappa shape index (κ2) is 7.91. The van der Waals surface area contributed by atoms with E-state index in [0.717, 1.165) is 11.0 Å². The first-order valence-corrected chi connectivity index (χ1v) is 9.77. The lowest BCUT2D eigenvalue weighted by Gasteiger charge is -2.32. The van der Waals surface area contributed by atoms with E-state index in [4.69, 9.17) is 14.0 Å². The van der Waals surface area contributed by atoms with Gasteiger partial charge in [0.2, 0.25) is 0 Å². The fourth-order valence-electron chi connectivity index (χ4n) is 2.61. The van der Waals surface area contributed by atoms with E-state index in [-0.39, 0.29) is 12.6 Å². The molecule has 1 saturated heterocycles. The fourth-order valence-corrected chi connectivity index (χ4v) is 2.61. The van der Waals surface area contributed by atoms with E-state index in [0.29, 0.717) is 0 Å². The monoisotopic (exact) mass is 391 g/mol. The smallest absolute Gasteiger partial charge is 0.444 e. The van der Waals surface area contributed by atoms with Crippen LogP contribution in [0.25, 0.3) is 6.08 Å². The molecule has 1 aromatic heterocycles. The molecular weight excluding hydrogens is 357 g/mol. The van der Waals surface area contributed by atoms with Gasteiger partial charge in [0.15, 0.2) is 0 Å². The second-order valence-corrected chi connectivity index (χ2v) is 9.51. The van der Waals surface area contributed by atoms with Crippen molar-refractivity contribution < 1.29 is 18.8 Å². The van der Waals surface area contributed by atoms with Gasteiger partial charge in [0, 0.05) is 24.3 Å². The summed E-state index contributed by atoms with van der Waals surface area (Å²) in [7, 11) is -0.567. The number of hydrogen-bond donors (Lipinski definition) is 1. The van der Waals surface area contributed by atoms with Crippen LogP contribution in [0.2, 0.25) is 0 Å². The second-order valence-electron chi connectivity index (χ2n) is 9.51. The summed E-state index contributed by atoms with van der Waals surface area (Å²) >= 11 is 0. The van der Waals surface area contributed by atoms with Crippen LogP contribution in [0, 0.1) is 0 Å². The number of aromatic nitrogens is 2. The van der Waals surface area contributed by atoms with Crippen LogP contribution in [0.5, 0.6) is 0 Å². The minimum Gasteiger partial charge on any atom is -0.444 e. The number of ether oxygens (including phenoxy) is 1. The van der Waals surface area contributed by atoms with Crippen molar-refractivity contribution in [1.29, 1.82) is 0 Å². The highest BCUT2D eigenvalue weighted by Gasteiger charge is 2.52. The van der Waals surface area contributed by atoms with Gasteiger partial charge in [0.25, 0.3) is 0 Å². The van der Waals surface area contributed by atoms with Crippen molar-refractivity contribution in [3.8, 4) is 0 Å². The SMILES string of the molecule is CC(C)n1cc(C=C(CNC(=O)OC(C)(C)C)B2OC(C)(C)C(C)(C)O2)cn1. The molecule has 2 rings (SSSR count). The van der Waals surface area contributed by atoms with E-state index in [1.54, 1.807) is 6.20 Å². The summed E-state index contributed by atoms with van der Waals surface area (Å²) in [6.07, 6.45) is 5.22. The van der Waals surface area contributed by atoms with Gasteiger partial charge in [-0.25, -0.2) is 4.79 Å². The topological polar surface area (TPSA) is 74.6 Å². The zero-order chi connectivity index (χ0) is 21.3. The molecule has 0 bridgehead atoms. The van der Waals surface area contributed by atoms with Gasteiger partial charge in [-0.15, -0.1) is 0 Å². The van der Waals surface area contributed by atoms with Crippen LogP contribution in [0.15, 0.2) is 17.9 Å². The van der Waals surface area contributed by atoms with Crippen LogP contribution >= 0.6 is 0 Å². The van der Waals surface area contributed by atoms with Crippen molar-refractivity contribution in [2.45, 2.75) is 85.2 Å². The Morgan fingerprint density at radius 3 is 2.32 bits per heavy atom. The standard InChI is InChI=1S/C20H34BN3O4/c1-14(2)24-13-15(11-23-24)10-16(12-22-17(25)26-18(3,4)5)21-27-19(6,7)20(8,9)28-21/h10-11,13-14H,12H2,1-9H3,(H,22,25). The molecule has 1 aliphatic heterocycles. The lowest BCUT2D eigenvalue weighted by molar-refractivity contribution is 0.00578. The van der Waals surface area contributed by atoms with Gasteiger partial charge in [-0.1, -0.05) is 6.08 Å². The number of nitrogens with zero attached hydrogens (tertiary/aromatic N) is 2. The van der Waals surface area contributed by atoms with Crippen molar-refractivity contribution in [1.82, 2.24) is 15.1 Å². The molecule has 0 saturated carbocycles. The van der Waals surface area contributed by atoms with Crippen LogP contribution in [-0.4, -0.2) is 46.3 Å². The van der Waals surface area contributed by atoms with Crippen LogP contribution < -0.4 is 5.32 Å². The van der Waals surface area contributed by atoms with Gasteiger partial charge < -0.3 is 19.4 Å². The minimum atomic E-state index is -0.567. The Bertz CT molecular complexity index is 716. The van der Waals surface area contributed by atoms with Gasteiger partial charge in [0.05, 0.1) is 17.4 Å². The first-order valence-electron chi connectivity index (χ1n) is 9.77. The number of amides is 1. The molecule has 0 spiro atoms. The maximum absolute atomic E-state index is 12.1. The Morgan fingerprint density at radius 2 is 1.86 bits per heavy atom. The Balaban J connectivity index is 2.23. The molecule has 1 N–H and O–H groups in total. The molecule has 1 aliphatic rings. The van der Waals surface area contributed by atoms with Crippen molar-refractivity contribution in [2.24, 2.45) is 0 Å². The summed E-state index contributed by atoms with van der Waals surface area (Å²) in [6.45, 7) is 17.9. The fraction of sp³-hybridized carbons (Fsp3) is 0.700. The molecule has 0 unspecified atom stereocenters. The molecule has 28 heavy (non-hydrogen) atoms. The molecule has 1 aromatic rings. The molecule has 7 nitrogen and oxygen atoms in total. The third-order valence-electron chi connectivity index (χ3n) is 4.89. The van der Waals surface area contributed by atoms with Gasteiger partial charge in [0.1, 0.15) is 5.60 Å². The number of hydrogen-bond acceptors (Lipinski definition) is 5. The van der Waals surface area contributed by atoms with E-state index in [1.165, 1.54) is 0 Å². The van der Waals surface area contributed by atoms with Crippen molar-refractivity contribution in [3.63, 3.8) is 0 Å². The Morgan fingerprint density at radius 1 is 1.29 bits per heavy atom. The minimum absolute atomic E-state index is 0.249. The maximum Gasteiger partial charge on any atom is 0.492 e. The third kappa shape index (κ3) is 5.61. The summed E-state index contributed by atoms with van der Waals surface area (Å²) in [4.78, 5) is 12.1. The number of rotatable bonds is 5. The first kappa shape index (κ1) is 22.5. The van der Waals surface area contributed by atoms with Crippen LogP contribution in [0.1, 0.15) is 73.9 Å². The van der Waals surface area contributed by atoms with Crippen molar-refractivity contribution in [3.05, 3.63) is 23.4 Å². The molecule has 1 amide bonds. The number of carbonyl (C=O) groups is 1. The van der Waals surface area contributed by atoms with Crippen molar-refractivity contribution in [2.75, 3.05) is 6.54 Å². The molecule has 2 heterocycles. The highest BCUT2D eigenvalue weighted by Crippen LogP contribution is 2.38. The van der Waals surface area contributed by atoms with E-state index < -0.39 is 30.0 Å². The highest BCUT2D eigenvalue weighted by molar-refractivity contribution is 6.56. The molecule has 8 heteroatoms. The van der Waals surface area contributed by atoms with Crippen LogP contribution in [-0.2, 0) is 14.0 Å². The van der Waals surface area contributed by atoms with E-state index in [2.05, 4.69) is 24.3 Å². The summed E-state index contributed by atoms with van der Waals surface area (Å²) in [5.41, 5.74) is 0.226. The molecule has 156 valence electrons. The zero-order valence-corrected chi connectivity index (χ0v) is 18.6. The quantitative estimate of drug-likeness (QED) is 0.768. The van der Waals surface area contributed by atoms with E-state index in [1.807, 2.05) is 65.4 Å². The van der Waals surface area contributed by atoms with Crippen LogP contribution in [0.3, 0.4) is 0 Å². The predicted octanol–water partition coefficient (Wildman–Crippen LogP) is 4.00. The largest absolute Gasteiger partial charge is 0.492 e. The normalized spacial score (nSPS) is 19.2. The molecule has 0 atom stereocenters. The summed E-state index contributed by atoms with van der Waals surface area (Å²) in [5.74, 6) is 0. The Hall–Kier alpha value is -1.80. The molecule has 0 aromatic carbocycles. The lowest BCUT2D eigenvalue weighted by Crippen LogP contribution is -2.41. The number of carbonyl (C=O) groups excluding carboxylic acids is 1. The van der Waals surface area contributed by atoms with Gasteiger partial charge in [-0.05, 0) is 67.8 Å². The molecule has 1 fully saturated rings. The van der Waals surface area contributed by atoms with Crippen LogP contribution in [0.4, 0.5) is 4.79 Å². The lowest BCUT2D eigenvalue weighted by atomic mass is 9.77. The zero-order valence-electron chi connectivity index (χ0n) is 18.6. The summed E-state index contributed by atoms with van der Waals surface area (Å²) in [5, 5.41) is 7.18. The predicted molar refractivity (Wildman–Crippen MR) is 111 cm³/mol. The Labute approximate surface area is 168 Å². The average Bonchev–Trinajstić information content (AvgIpc) is 3.04.